The Morgan fingerprint density at radius 1 is 1.30 bits per heavy atom. The number of nitrogens with one attached hydrogen (secondary N) is 1. The number of piperazine rings is 1. The normalized spacial score (nSPS) is 16.9. The van der Waals surface area contributed by atoms with Crippen molar-refractivity contribution in [1.29, 1.82) is 0 Å². The van der Waals surface area contributed by atoms with E-state index in [-0.39, 0.29) is 5.69 Å². The second kappa shape index (κ2) is 7.16. The molecule has 0 unspecified atom stereocenters. The maximum atomic E-state index is 11.2. The first-order valence-electron chi connectivity index (χ1n) is 6.76. The van der Waals surface area contributed by atoms with Crippen molar-refractivity contribution in [2.45, 2.75) is 0 Å². The molecule has 0 saturated carbocycles. The Bertz CT molecular complexity index is 429. The molecule has 2 rings (SSSR count). The van der Waals surface area contributed by atoms with E-state index < -0.39 is 5.97 Å². The number of nitrogens with zero attached hydrogens (tertiary/aromatic N) is 4. The topological polar surface area (TPSA) is 70.6 Å². The summed E-state index contributed by atoms with van der Waals surface area (Å²) in [7, 11) is 3.47. The van der Waals surface area contributed by atoms with E-state index >= 15 is 0 Å². The minimum Gasteiger partial charge on any atom is -0.464 e. The minimum absolute atomic E-state index is 0.220. The average molecular weight is 279 g/mol. The van der Waals surface area contributed by atoms with Gasteiger partial charge in [-0.2, -0.15) is 0 Å². The van der Waals surface area contributed by atoms with Gasteiger partial charge in [-0.25, -0.2) is 4.79 Å². The van der Waals surface area contributed by atoms with E-state index in [1.807, 2.05) is 0 Å². The molecule has 1 aromatic rings. The van der Waals surface area contributed by atoms with Crippen LogP contribution in [0.4, 0.5) is 5.82 Å². The van der Waals surface area contributed by atoms with Gasteiger partial charge in [0.15, 0.2) is 5.69 Å². The fourth-order valence-corrected chi connectivity index (χ4v) is 2.05. The SMILES string of the molecule is COC(=O)c1ccc(NCCN2CCN(C)CC2)nn1. The monoisotopic (exact) mass is 279 g/mol. The van der Waals surface area contributed by atoms with Gasteiger partial charge in [0, 0.05) is 39.3 Å². The van der Waals surface area contributed by atoms with Gasteiger partial charge < -0.3 is 15.0 Å². The minimum atomic E-state index is -0.471. The van der Waals surface area contributed by atoms with Crippen molar-refractivity contribution < 1.29 is 9.53 Å². The predicted molar refractivity (Wildman–Crippen MR) is 75.8 cm³/mol. The highest BCUT2D eigenvalue weighted by Crippen LogP contribution is 2.03. The van der Waals surface area contributed by atoms with Crippen molar-refractivity contribution >= 4 is 11.8 Å². The Morgan fingerprint density at radius 2 is 2.05 bits per heavy atom. The van der Waals surface area contributed by atoms with Crippen LogP contribution in [0.5, 0.6) is 0 Å². The van der Waals surface area contributed by atoms with Crippen molar-refractivity contribution in [3.05, 3.63) is 17.8 Å². The van der Waals surface area contributed by atoms with E-state index in [1.165, 1.54) is 7.11 Å². The van der Waals surface area contributed by atoms with Crippen LogP contribution in [-0.4, -0.2) is 79.4 Å². The van der Waals surface area contributed by atoms with E-state index in [0.717, 1.165) is 39.3 Å². The first kappa shape index (κ1) is 14.7. The number of methoxy groups -OCH3 is 1. The first-order valence-corrected chi connectivity index (χ1v) is 6.76. The molecule has 0 amide bonds. The second-order valence-corrected chi connectivity index (χ2v) is 4.87. The molecular weight excluding hydrogens is 258 g/mol. The lowest BCUT2D eigenvalue weighted by Crippen LogP contribution is -2.45. The molecule has 0 aromatic carbocycles. The number of ether oxygens (including phenoxy) is 1. The summed E-state index contributed by atoms with van der Waals surface area (Å²) in [5, 5.41) is 11.0. The fraction of sp³-hybridized carbons (Fsp3) is 0.615. The van der Waals surface area contributed by atoms with Crippen molar-refractivity contribution in [2.75, 3.05) is 58.7 Å². The molecule has 1 aliphatic rings. The highest BCUT2D eigenvalue weighted by atomic mass is 16.5. The highest BCUT2D eigenvalue weighted by molar-refractivity contribution is 5.86. The fourth-order valence-electron chi connectivity index (χ4n) is 2.05. The van der Waals surface area contributed by atoms with Gasteiger partial charge in [0.1, 0.15) is 5.82 Å². The predicted octanol–water partition coefficient (Wildman–Crippen LogP) is -0.0775. The van der Waals surface area contributed by atoms with Gasteiger partial charge in [0.25, 0.3) is 0 Å². The summed E-state index contributed by atoms with van der Waals surface area (Å²) in [5.74, 6) is 0.202. The first-order chi connectivity index (χ1) is 9.69. The van der Waals surface area contributed by atoms with Gasteiger partial charge in [-0.1, -0.05) is 0 Å². The van der Waals surface area contributed by atoms with Crippen LogP contribution in [0.1, 0.15) is 10.5 Å². The molecule has 0 radical (unpaired) electrons. The maximum Gasteiger partial charge on any atom is 0.358 e. The van der Waals surface area contributed by atoms with E-state index in [0.29, 0.717) is 5.82 Å². The molecule has 1 fully saturated rings. The van der Waals surface area contributed by atoms with E-state index in [9.17, 15) is 4.79 Å². The summed E-state index contributed by atoms with van der Waals surface area (Å²) >= 11 is 0. The van der Waals surface area contributed by atoms with Crippen LogP contribution in [0, 0.1) is 0 Å². The molecule has 1 saturated heterocycles. The van der Waals surface area contributed by atoms with Gasteiger partial charge in [0.2, 0.25) is 0 Å². The molecule has 1 N–H and O–H groups in total. The zero-order valence-electron chi connectivity index (χ0n) is 12.0. The summed E-state index contributed by atoms with van der Waals surface area (Å²) in [6.45, 7) is 6.24. The van der Waals surface area contributed by atoms with E-state index in [1.54, 1.807) is 12.1 Å². The summed E-state index contributed by atoms with van der Waals surface area (Å²) in [5.41, 5.74) is 0.220. The van der Waals surface area contributed by atoms with E-state index in [4.69, 9.17) is 0 Å². The third-order valence-corrected chi connectivity index (χ3v) is 3.39. The largest absolute Gasteiger partial charge is 0.464 e. The van der Waals surface area contributed by atoms with Gasteiger partial charge in [0.05, 0.1) is 7.11 Å². The summed E-state index contributed by atoms with van der Waals surface area (Å²) in [6, 6.07) is 3.35. The Morgan fingerprint density at radius 3 is 2.65 bits per heavy atom. The van der Waals surface area contributed by atoms with Crippen LogP contribution < -0.4 is 5.32 Å². The molecule has 1 aromatic heterocycles. The molecular formula is C13H21N5O2. The van der Waals surface area contributed by atoms with Crippen LogP contribution in [0.25, 0.3) is 0 Å². The maximum absolute atomic E-state index is 11.2. The Labute approximate surface area is 118 Å². The lowest BCUT2D eigenvalue weighted by Gasteiger charge is -2.32. The lowest BCUT2D eigenvalue weighted by molar-refractivity contribution is 0.0593. The van der Waals surface area contributed by atoms with Crippen LogP contribution in [0.2, 0.25) is 0 Å². The average Bonchev–Trinajstić information content (AvgIpc) is 2.49. The molecule has 0 atom stereocenters. The zero-order valence-corrected chi connectivity index (χ0v) is 12.0. The van der Waals surface area contributed by atoms with Crippen LogP contribution in [-0.2, 0) is 4.74 Å². The van der Waals surface area contributed by atoms with E-state index in [2.05, 4.69) is 37.1 Å². The number of aromatic nitrogens is 2. The molecule has 0 aliphatic carbocycles. The second-order valence-electron chi connectivity index (χ2n) is 4.87. The molecule has 110 valence electrons. The lowest BCUT2D eigenvalue weighted by atomic mass is 10.3. The number of hydrogen-bond acceptors (Lipinski definition) is 7. The number of carbonyl (C=O) groups is 1. The number of likely N-dealkylation sites (N-methyl/N-ethyl adjacent to an activating group) is 1. The van der Waals surface area contributed by atoms with Crippen molar-refractivity contribution in [3.8, 4) is 0 Å². The molecule has 0 bridgehead atoms. The molecule has 7 nitrogen and oxygen atoms in total. The van der Waals surface area contributed by atoms with Crippen molar-refractivity contribution in [1.82, 2.24) is 20.0 Å². The summed E-state index contributed by atoms with van der Waals surface area (Å²) < 4.78 is 4.57. The third-order valence-electron chi connectivity index (χ3n) is 3.39. The Balaban J connectivity index is 1.73. The molecule has 1 aliphatic heterocycles. The van der Waals surface area contributed by atoms with Crippen LogP contribution >= 0.6 is 0 Å². The molecule has 20 heavy (non-hydrogen) atoms. The number of rotatable bonds is 5. The van der Waals surface area contributed by atoms with Gasteiger partial charge in [-0.05, 0) is 19.2 Å². The number of hydrogen-bond donors (Lipinski definition) is 1. The van der Waals surface area contributed by atoms with Gasteiger partial charge in [-0.15, -0.1) is 10.2 Å². The van der Waals surface area contributed by atoms with Gasteiger partial charge >= 0.3 is 5.97 Å². The Hall–Kier alpha value is -1.73. The molecule has 7 heteroatoms. The molecule has 0 spiro atoms. The standard InChI is InChI=1S/C13H21N5O2/c1-17-7-9-18(10-8-17)6-5-14-12-4-3-11(15-16-12)13(19)20-2/h3-4H,5-10H2,1-2H3,(H,14,16). The van der Waals surface area contributed by atoms with Crippen LogP contribution in [0.15, 0.2) is 12.1 Å². The highest BCUT2D eigenvalue weighted by Gasteiger charge is 2.13. The summed E-state index contributed by atoms with van der Waals surface area (Å²) in [4.78, 5) is 16.0. The number of esters is 1. The smallest absolute Gasteiger partial charge is 0.358 e. The zero-order chi connectivity index (χ0) is 14.4. The number of carbonyl (C=O) groups excluding carboxylic acids is 1. The van der Waals surface area contributed by atoms with Crippen molar-refractivity contribution in [3.63, 3.8) is 0 Å². The van der Waals surface area contributed by atoms with Crippen molar-refractivity contribution in [2.24, 2.45) is 0 Å². The number of anilines is 1. The summed E-state index contributed by atoms with van der Waals surface area (Å²) in [6.07, 6.45) is 0. The van der Waals surface area contributed by atoms with Gasteiger partial charge in [-0.3, -0.25) is 4.90 Å². The van der Waals surface area contributed by atoms with Crippen LogP contribution in [0.3, 0.4) is 0 Å². The third kappa shape index (κ3) is 4.14. The Kier molecular flexibility index (Phi) is 5.25. The quantitative estimate of drug-likeness (QED) is 0.756. The molecule has 2 heterocycles.